The summed E-state index contributed by atoms with van der Waals surface area (Å²) >= 11 is 0. The number of aromatic nitrogens is 2. The molecule has 0 radical (unpaired) electrons. The van der Waals surface area contributed by atoms with E-state index in [1.165, 1.54) is 0 Å². The van der Waals surface area contributed by atoms with Gasteiger partial charge in [0.15, 0.2) is 14.1 Å². The fourth-order valence-electron chi connectivity index (χ4n) is 4.39. The standard InChI is InChI=1S/C24H42N4O5Si/c1-17(33-34(8,9)23(5,6)7)18(19-25-13-11-14-26-19)28(22(2,3)4)20(30)24(16-29)12-10-15-27(24)21(31)32/h11,13-14,17-18,29H,10,12,15-16H2,1-9H3,(H,31,32). The van der Waals surface area contributed by atoms with Crippen molar-refractivity contribution in [1.82, 2.24) is 19.8 Å². The number of hydrogen-bond acceptors (Lipinski definition) is 6. The predicted molar refractivity (Wildman–Crippen MR) is 133 cm³/mol. The molecule has 10 heteroatoms. The number of carbonyl (C=O) groups is 2. The third-order valence-electron chi connectivity index (χ3n) is 7.18. The van der Waals surface area contributed by atoms with Gasteiger partial charge in [0.1, 0.15) is 11.6 Å². The molecule has 34 heavy (non-hydrogen) atoms. The Kier molecular flexibility index (Phi) is 8.22. The molecule has 2 heterocycles. The Hall–Kier alpha value is -2.04. The molecule has 1 aromatic rings. The van der Waals surface area contributed by atoms with Gasteiger partial charge in [0.05, 0.1) is 12.7 Å². The zero-order valence-corrected chi connectivity index (χ0v) is 23.1. The quantitative estimate of drug-likeness (QED) is 0.549. The Morgan fingerprint density at radius 2 is 1.76 bits per heavy atom. The zero-order chi connectivity index (χ0) is 26.1. The summed E-state index contributed by atoms with van der Waals surface area (Å²) in [5, 5.41) is 20.2. The summed E-state index contributed by atoms with van der Waals surface area (Å²) in [6.07, 6.45) is 2.32. The Morgan fingerprint density at radius 3 is 2.21 bits per heavy atom. The van der Waals surface area contributed by atoms with Crippen LogP contribution in [0.1, 0.15) is 73.2 Å². The van der Waals surface area contributed by atoms with Gasteiger partial charge < -0.3 is 19.5 Å². The number of aliphatic hydroxyl groups is 1. The van der Waals surface area contributed by atoms with E-state index >= 15 is 0 Å². The van der Waals surface area contributed by atoms with Gasteiger partial charge in [0.25, 0.3) is 5.91 Å². The molecule has 0 spiro atoms. The van der Waals surface area contributed by atoms with Crippen molar-refractivity contribution in [3.8, 4) is 0 Å². The Labute approximate surface area is 204 Å². The summed E-state index contributed by atoms with van der Waals surface area (Å²) in [5.41, 5.74) is -2.29. The van der Waals surface area contributed by atoms with Gasteiger partial charge in [-0.25, -0.2) is 14.8 Å². The SMILES string of the molecule is CC(O[Si](C)(C)C(C)(C)C)C(c1ncccn1)N(C(=O)C1(CO)CCCN1C(=O)O)C(C)(C)C. The summed E-state index contributed by atoms with van der Waals surface area (Å²) in [7, 11) is -2.24. The number of carbonyl (C=O) groups excluding carboxylic acids is 1. The van der Waals surface area contributed by atoms with Crippen molar-refractivity contribution in [3.05, 3.63) is 24.3 Å². The lowest BCUT2D eigenvalue weighted by atomic mass is 9.89. The molecule has 2 N–H and O–H groups in total. The second-order valence-electron chi connectivity index (χ2n) is 11.7. The van der Waals surface area contributed by atoms with E-state index in [1.54, 1.807) is 23.4 Å². The molecule has 3 unspecified atom stereocenters. The van der Waals surface area contributed by atoms with Crippen LogP contribution in [0.3, 0.4) is 0 Å². The van der Waals surface area contributed by atoms with Crippen LogP contribution < -0.4 is 0 Å². The first-order valence-electron chi connectivity index (χ1n) is 11.9. The lowest BCUT2D eigenvalue weighted by Gasteiger charge is -2.49. The molecule has 1 aliphatic heterocycles. The maximum Gasteiger partial charge on any atom is 0.408 e. The van der Waals surface area contributed by atoms with Crippen molar-refractivity contribution in [3.63, 3.8) is 0 Å². The molecule has 2 amide bonds. The van der Waals surface area contributed by atoms with Crippen molar-refractivity contribution in [2.45, 2.75) is 103 Å². The van der Waals surface area contributed by atoms with E-state index in [-0.39, 0.29) is 18.0 Å². The molecule has 0 saturated carbocycles. The van der Waals surface area contributed by atoms with Gasteiger partial charge in [0, 0.05) is 24.5 Å². The maximum absolute atomic E-state index is 14.3. The summed E-state index contributed by atoms with van der Waals surface area (Å²) in [4.78, 5) is 38.0. The van der Waals surface area contributed by atoms with E-state index in [1.807, 2.05) is 27.7 Å². The molecule has 9 nitrogen and oxygen atoms in total. The van der Waals surface area contributed by atoms with E-state index in [2.05, 4.69) is 43.8 Å². The minimum absolute atomic E-state index is 0.0577. The molecule has 0 aromatic carbocycles. The molecule has 192 valence electrons. The van der Waals surface area contributed by atoms with Crippen LogP contribution >= 0.6 is 0 Å². The van der Waals surface area contributed by atoms with Crippen LogP contribution in [0, 0.1) is 0 Å². The van der Waals surface area contributed by atoms with Gasteiger partial charge >= 0.3 is 6.09 Å². The minimum atomic E-state index is -2.24. The van der Waals surface area contributed by atoms with Crippen molar-refractivity contribution in [2.24, 2.45) is 0 Å². The second-order valence-corrected chi connectivity index (χ2v) is 16.5. The molecular weight excluding hydrogens is 452 g/mol. The third kappa shape index (κ3) is 5.44. The molecular formula is C24H42N4O5Si. The van der Waals surface area contributed by atoms with Crippen LogP contribution in [0.4, 0.5) is 4.79 Å². The van der Waals surface area contributed by atoms with E-state index in [0.29, 0.717) is 12.2 Å². The Morgan fingerprint density at radius 1 is 1.21 bits per heavy atom. The highest BCUT2D eigenvalue weighted by Gasteiger charge is 2.55. The van der Waals surface area contributed by atoms with E-state index in [9.17, 15) is 19.8 Å². The monoisotopic (exact) mass is 494 g/mol. The lowest BCUT2D eigenvalue weighted by Crippen LogP contribution is -2.65. The normalized spacial score (nSPS) is 21.3. The number of likely N-dealkylation sites (tertiary alicyclic amines) is 1. The number of rotatable bonds is 7. The fraction of sp³-hybridized carbons (Fsp3) is 0.750. The zero-order valence-electron chi connectivity index (χ0n) is 22.1. The van der Waals surface area contributed by atoms with Crippen LogP contribution in [0.2, 0.25) is 18.1 Å². The minimum Gasteiger partial charge on any atom is -0.465 e. The topological polar surface area (TPSA) is 116 Å². The van der Waals surface area contributed by atoms with Gasteiger partial charge in [-0.1, -0.05) is 20.8 Å². The van der Waals surface area contributed by atoms with Crippen LogP contribution in [0.25, 0.3) is 0 Å². The number of amides is 2. The number of aliphatic hydroxyl groups excluding tert-OH is 1. The number of nitrogens with zero attached hydrogens (tertiary/aromatic N) is 4. The highest BCUT2D eigenvalue weighted by Crippen LogP contribution is 2.42. The molecule has 1 fully saturated rings. The molecule has 3 atom stereocenters. The van der Waals surface area contributed by atoms with Gasteiger partial charge in [0.2, 0.25) is 0 Å². The largest absolute Gasteiger partial charge is 0.465 e. The predicted octanol–water partition coefficient (Wildman–Crippen LogP) is 4.06. The van der Waals surface area contributed by atoms with Crippen molar-refractivity contribution < 1.29 is 24.2 Å². The number of carboxylic acid groups (broad SMARTS) is 1. The Balaban J connectivity index is 2.66. The Bertz CT molecular complexity index is 868. The maximum atomic E-state index is 14.3. The highest BCUT2D eigenvalue weighted by molar-refractivity contribution is 6.74. The van der Waals surface area contributed by atoms with Gasteiger partial charge in [-0.05, 0) is 64.7 Å². The molecule has 0 aliphatic carbocycles. The van der Waals surface area contributed by atoms with Crippen molar-refractivity contribution in [2.75, 3.05) is 13.2 Å². The average Bonchev–Trinajstić information content (AvgIpc) is 3.15. The summed E-state index contributed by atoms with van der Waals surface area (Å²) in [6.45, 7) is 17.9. The number of hydrogen-bond donors (Lipinski definition) is 2. The highest BCUT2D eigenvalue weighted by atomic mass is 28.4. The van der Waals surface area contributed by atoms with E-state index < -0.39 is 50.1 Å². The van der Waals surface area contributed by atoms with Gasteiger partial charge in [-0.2, -0.15) is 0 Å². The summed E-state index contributed by atoms with van der Waals surface area (Å²) in [5.74, 6) is -0.0320. The first-order chi connectivity index (χ1) is 15.5. The van der Waals surface area contributed by atoms with Crippen LogP contribution in [0.5, 0.6) is 0 Å². The van der Waals surface area contributed by atoms with E-state index in [0.717, 1.165) is 4.90 Å². The van der Waals surface area contributed by atoms with Gasteiger partial charge in [-0.3, -0.25) is 9.69 Å². The van der Waals surface area contributed by atoms with Gasteiger partial charge in [-0.15, -0.1) is 0 Å². The molecule has 2 rings (SSSR count). The molecule has 1 aliphatic rings. The summed E-state index contributed by atoms with van der Waals surface area (Å²) < 4.78 is 6.72. The van der Waals surface area contributed by atoms with Crippen LogP contribution in [-0.4, -0.2) is 80.6 Å². The average molecular weight is 495 g/mol. The molecule has 1 saturated heterocycles. The first-order valence-corrected chi connectivity index (χ1v) is 14.8. The van der Waals surface area contributed by atoms with E-state index in [4.69, 9.17) is 4.43 Å². The first kappa shape index (κ1) is 28.2. The molecule has 1 aromatic heterocycles. The third-order valence-corrected chi connectivity index (χ3v) is 11.8. The van der Waals surface area contributed by atoms with Crippen molar-refractivity contribution in [1.29, 1.82) is 0 Å². The lowest BCUT2D eigenvalue weighted by molar-refractivity contribution is -0.156. The second kappa shape index (κ2) is 9.91. The fourth-order valence-corrected chi connectivity index (χ4v) is 5.80. The smallest absolute Gasteiger partial charge is 0.408 e. The summed E-state index contributed by atoms with van der Waals surface area (Å²) in [6, 6.07) is 1.03. The molecule has 0 bridgehead atoms. The van der Waals surface area contributed by atoms with Crippen LogP contribution in [-0.2, 0) is 9.22 Å². The van der Waals surface area contributed by atoms with Crippen LogP contribution in [0.15, 0.2) is 18.5 Å². The van der Waals surface area contributed by atoms with Crippen molar-refractivity contribution >= 4 is 20.3 Å².